The van der Waals surface area contributed by atoms with Gasteiger partial charge in [0.1, 0.15) is 11.4 Å². The number of aryl methyl sites for hydroxylation is 2. The van der Waals surface area contributed by atoms with Crippen LogP contribution in [0.2, 0.25) is 5.02 Å². The van der Waals surface area contributed by atoms with Crippen molar-refractivity contribution in [3.8, 4) is 33.5 Å². The maximum Gasteiger partial charge on any atom is 0.282 e. The zero-order chi connectivity index (χ0) is 37.9. The first kappa shape index (κ1) is 37.3. The van der Waals surface area contributed by atoms with Gasteiger partial charge in [-0.3, -0.25) is 19.0 Å². The number of anilines is 1. The Morgan fingerprint density at radius 2 is 1.29 bits per heavy atom. The van der Waals surface area contributed by atoms with Gasteiger partial charge in [0.2, 0.25) is 0 Å². The highest BCUT2D eigenvalue weighted by Crippen LogP contribution is 2.39. The summed E-state index contributed by atoms with van der Waals surface area (Å²) in [6.07, 6.45) is -4.73. The summed E-state index contributed by atoms with van der Waals surface area (Å²) >= 11 is 6.28. The summed E-state index contributed by atoms with van der Waals surface area (Å²) in [6.45, 7) is 0. The molecule has 0 aliphatic heterocycles. The van der Waals surface area contributed by atoms with E-state index >= 15 is 0 Å². The lowest BCUT2D eigenvalue weighted by Crippen LogP contribution is -2.14. The second-order valence-electron chi connectivity index (χ2n) is 11.1. The van der Waals surface area contributed by atoms with Crippen LogP contribution in [0.5, 0.6) is 0 Å². The number of carbonyl (C=O) groups excluding carboxylic acids is 2. The van der Waals surface area contributed by atoms with Crippen LogP contribution in [-0.2, 0) is 14.1 Å². The number of para-hydroxylation sites is 1. The quantitative estimate of drug-likeness (QED) is 0.120. The minimum absolute atomic E-state index is 0.0254. The van der Waals surface area contributed by atoms with Crippen LogP contribution in [0.25, 0.3) is 33.5 Å². The number of rotatable bonds is 8. The number of halogens is 8. The molecule has 0 bridgehead atoms. The standard InChI is InChI=1S/C18H14ClF2N3O.C18H12F5N3O/c1-24-16(14(18(22)25)15(23-24)17(20)21)12-8-3-2-6-10(12)11-7-4-5-9-13(11)19;1-26-8-11(16(25-26)17(22)23)18(27)24-14-5-3-2-4-10(14)9-6-12(19)15(21)13(20)7-9/h2-9,17H,1H3,(H2,22,25);2-8,17H,1H3,(H,24,27). The Hall–Kier alpha value is -5.96. The van der Waals surface area contributed by atoms with Gasteiger partial charge in [0.05, 0.1) is 16.8 Å². The van der Waals surface area contributed by atoms with Gasteiger partial charge in [0, 0.05) is 47.7 Å². The number of amides is 2. The molecular formula is C36H26ClF7N6O2. The predicted octanol–water partition coefficient (Wildman–Crippen LogP) is 9.14. The summed E-state index contributed by atoms with van der Waals surface area (Å²) in [5.74, 6) is -6.21. The fourth-order valence-corrected chi connectivity index (χ4v) is 5.68. The maximum absolute atomic E-state index is 13.5. The average molecular weight is 743 g/mol. The monoisotopic (exact) mass is 742 g/mol. The summed E-state index contributed by atoms with van der Waals surface area (Å²) < 4.78 is 95.2. The number of hydrogen-bond donors (Lipinski definition) is 2. The van der Waals surface area contributed by atoms with Crippen molar-refractivity contribution in [2.45, 2.75) is 12.9 Å². The SMILES string of the molecule is Cn1cc(C(=O)Nc2ccccc2-c2cc(F)c(F)c(F)c2)c(C(F)F)n1.Cn1nc(C(F)F)c(C(N)=O)c1-c1ccccc1-c1ccccc1Cl. The molecule has 6 rings (SSSR count). The van der Waals surface area contributed by atoms with Gasteiger partial charge >= 0.3 is 0 Å². The van der Waals surface area contributed by atoms with E-state index in [2.05, 4.69) is 15.5 Å². The van der Waals surface area contributed by atoms with E-state index < -0.39 is 53.5 Å². The van der Waals surface area contributed by atoms with Gasteiger partial charge in [0.15, 0.2) is 17.5 Å². The summed E-state index contributed by atoms with van der Waals surface area (Å²) in [5, 5.41) is 10.3. The van der Waals surface area contributed by atoms with E-state index in [-0.39, 0.29) is 33.6 Å². The summed E-state index contributed by atoms with van der Waals surface area (Å²) in [4.78, 5) is 24.3. The van der Waals surface area contributed by atoms with E-state index in [1.165, 1.54) is 37.0 Å². The van der Waals surface area contributed by atoms with E-state index in [1.807, 2.05) is 12.1 Å². The number of carbonyl (C=O) groups is 2. The normalized spacial score (nSPS) is 11.1. The van der Waals surface area contributed by atoms with Gasteiger partial charge in [0.25, 0.3) is 24.7 Å². The van der Waals surface area contributed by atoms with E-state index in [0.29, 0.717) is 16.1 Å². The molecule has 2 amide bonds. The predicted molar refractivity (Wildman–Crippen MR) is 180 cm³/mol. The Bertz CT molecular complexity index is 2270. The first-order valence-corrected chi connectivity index (χ1v) is 15.4. The molecule has 0 fully saturated rings. The Morgan fingerprint density at radius 1 is 0.750 bits per heavy atom. The highest BCUT2D eigenvalue weighted by atomic mass is 35.5. The molecule has 16 heteroatoms. The van der Waals surface area contributed by atoms with Crippen molar-refractivity contribution in [3.05, 3.63) is 136 Å². The zero-order valence-electron chi connectivity index (χ0n) is 27.0. The fraction of sp³-hybridized carbons (Fsp3) is 0.111. The van der Waals surface area contributed by atoms with Gasteiger partial charge in [-0.2, -0.15) is 10.2 Å². The first-order chi connectivity index (χ1) is 24.7. The zero-order valence-corrected chi connectivity index (χ0v) is 27.8. The van der Waals surface area contributed by atoms with Crippen molar-refractivity contribution < 1.29 is 40.3 Å². The number of primary amides is 1. The summed E-state index contributed by atoms with van der Waals surface area (Å²) in [5.41, 5.74) is 5.90. The number of benzene rings is 4. The molecule has 0 radical (unpaired) electrons. The largest absolute Gasteiger partial charge is 0.365 e. The molecule has 2 aromatic heterocycles. The van der Waals surface area contributed by atoms with Gasteiger partial charge in [-0.05, 0) is 35.4 Å². The second kappa shape index (κ2) is 15.5. The Morgan fingerprint density at radius 3 is 1.87 bits per heavy atom. The van der Waals surface area contributed by atoms with Crippen LogP contribution in [0.1, 0.15) is 45.0 Å². The molecule has 0 atom stereocenters. The van der Waals surface area contributed by atoms with Gasteiger partial charge in [-0.25, -0.2) is 30.7 Å². The van der Waals surface area contributed by atoms with Crippen molar-refractivity contribution in [1.82, 2.24) is 19.6 Å². The molecule has 6 aromatic rings. The molecule has 0 aliphatic rings. The van der Waals surface area contributed by atoms with Crippen LogP contribution < -0.4 is 11.1 Å². The van der Waals surface area contributed by atoms with E-state index in [9.17, 15) is 40.3 Å². The van der Waals surface area contributed by atoms with Crippen LogP contribution in [-0.4, -0.2) is 31.4 Å². The highest BCUT2D eigenvalue weighted by molar-refractivity contribution is 6.33. The van der Waals surface area contributed by atoms with Crippen molar-refractivity contribution in [2.75, 3.05) is 5.32 Å². The molecule has 0 saturated carbocycles. The van der Waals surface area contributed by atoms with Gasteiger partial charge in [-0.1, -0.05) is 72.3 Å². The Labute approximate surface area is 296 Å². The number of hydrogen-bond acceptors (Lipinski definition) is 4. The van der Waals surface area contributed by atoms with Crippen molar-refractivity contribution in [2.24, 2.45) is 19.8 Å². The molecule has 8 nitrogen and oxygen atoms in total. The lowest BCUT2D eigenvalue weighted by molar-refractivity contribution is 0.0984. The third-order valence-electron chi connectivity index (χ3n) is 7.65. The Kier molecular flexibility index (Phi) is 11.1. The molecule has 3 N–H and O–H groups in total. The summed E-state index contributed by atoms with van der Waals surface area (Å²) in [7, 11) is 2.89. The van der Waals surface area contributed by atoms with E-state index in [1.54, 1.807) is 42.5 Å². The number of nitrogens with two attached hydrogens (primary N) is 1. The first-order valence-electron chi connectivity index (χ1n) is 15.1. The minimum atomic E-state index is -2.96. The van der Waals surface area contributed by atoms with E-state index in [4.69, 9.17) is 17.3 Å². The Balaban J connectivity index is 0.000000202. The molecule has 52 heavy (non-hydrogen) atoms. The number of nitrogens with zero attached hydrogens (tertiary/aromatic N) is 4. The summed E-state index contributed by atoms with van der Waals surface area (Å²) in [6, 6.07) is 21.7. The lowest BCUT2D eigenvalue weighted by atomic mass is 9.95. The highest BCUT2D eigenvalue weighted by Gasteiger charge is 2.29. The third kappa shape index (κ3) is 7.68. The van der Waals surface area contributed by atoms with Crippen LogP contribution in [0, 0.1) is 17.5 Å². The van der Waals surface area contributed by atoms with Crippen LogP contribution in [0.3, 0.4) is 0 Å². The van der Waals surface area contributed by atoms with E-state index in [0.717, 1.165) is 28.6 Å². The second-order valence-corrected chi connectivity index (χ2v) is 11.5. The molecule has 0 aliphatic carbocycles. The minimum Gasteiger partial charge on any atom is -0.365 e. The number of aromatic nitrogens is 4. The van der Waals surface area contributed by atoms with Gasteiger partial charge < -0.3 is 11.1 Å². The molecule has 4 aromatic carbocycles. The molecule has 2 heterocycles. The van der Waals surface area contributed by atoms with Crippen molar-refractivity contribution >= 4 is 29.1 Å². The fourth-order valence-electron chi connectivity index (χ4n) is 5.44. The molecular weight excluding hydrogens is 717 g/mol. The van der Waals surface area contributed by atoms with Gasteiger partial charge in [-0.15, -0.1) is 0 Å². The molecule has 0 saturated heterocycles. The molecule has 0 spiro atoms. The topological polar surface area (TPSA) is 108 Å². The number of alkyl halides is 4. The van der Waals surface area contributed by atoms with Crippen LogP contribution in [0.15, 0.2) is 91.1 Å². The molecule has 268 valence electrons. The van der Waals surface area contributed by atoms with Crippen molar-refractivity contribution in [1.29, 1.82) is 0 Å². The third-order valence-corrected chi connectivity index (χ3v) is 7.98. The van der Waals surface area contributed by atoms with Crippen LogP contribution >= 0.6 is 11.6 Å². The van der Waals surface area contributed by atoms with Crippen molar-refractivity contribution in [3.63, 3.8) is 0 Å². The maximum atomic E-state index is 13.5. The lowest BCUT2D eigenvalue weighted by Gasteiger charge is -2.12. The molecule has 0 unspecified atom stereocenters. The van der Waals surface area contributed by atoms with Crippen LogP contribution in [0.4, 0.5) is 36.4 Å². The smallest absolute Gasteiger partial charge is 0.282 e. The number of nitrogens with one attached hydrogen (secondary N) is 1. The average Bonchev–Trinajstić information content (AvgIpc) is 3.68.